The molecule has 0 N–H and O–H groups in total. The molecule has 96 valence electrons. The molecule has 1 aromatic heterocycles. The topological polar surface area (TPSA) is 47.4 Å². The fourth-order valence-electron chi connectivity index (χ4n) is 1.60. The first kappa shape index (κ1) is 13.7. The maximum Gasteiger partial charge on any atom is 0.159 e. The third-order valence-corrected chi connectivity index (χ3v) is 2.60. The molecule has 0 aliphatic carbocycles. The molecule has 0 aliphatic rings. The zero-order chi connectivity index (χ0) is 12.8. The van der Waals surface area contributed by atoms with Crippen molar-refractivity contribution in [1.82, 2.24) is 14.7 Å². The Labute approximate surface area is 102 Å². The minimum atomic E-state index is 0.187. The highest BCUT2D eigenvalue weighted by atomic mass is 16.5. The lowest BCUT2D eigenvalue weighted by Gasteiger charge is -2.12. The quantitative estimate of drug-likeness (QED) is 0.711. The molecular weight excluding hydrogens is 218 g/mol. The van der Waals surface area contributed by atoms with Crippen LogP contribution in [0.3, 0.4) is 0 Å². The van der Waals surface area contributed by atoms with Gasteiger partial charge in [0.05, 0.1) is 25.5 Å². The highest BCUT2D eigenvalue weighted by Crippen LogP contribution is 2.19. The molecule has 5 heteroatoms. The predicted molar refractivity (Wildman–Crippen MR) is 66.3 cm³/mol. The average Bonchev–Trinajstić information content (AvgIpc) is 2.65. The van der Waals surface area contributed by atoms with Crippen LogP contribution < -0.4 is 4.74 Å². The summed E-state index contributed by atoms with van der Waals surface area (Å²) >= 11 is 0. The molecule has 1 heterocycles. The van der Waals surface area contributed by atoms with E-state index in [2.05, 4.69) is 10.00 Å². The number of Topliss-reactive ketones (excluding diaryl/α,β-unsaturated/α-hetero) is 1. The van der Waals surface area contributed by atoms with Crippen molar-refractivity contribution in [2.45, 2.75) is 26.3 Å². The summed E-state index contributed by atoms with van der Waals surface area (Å²) in [6, 6.07) is 0. The molecular formula is C12H21N3O2. The van der Waals surface area contributed by atoms with Crippen molar-refractivity contribution in [2.75, 3.05) is 27.7 Å². The second kappa shape index (κ2) is 6.39. The van der Waals surface area contributed by atoms with Crippen molar-refractivity contribution in [1.29, 1.82) is 0 Å². The van der Waals surface area contributed by atoms with Gasteiger partial charge in [0, 0.05) is 13.0 Å². The highest BCUT2D eigenvalue weighted by molar-refractivity contribution is 5.75. The number of ether oxygens (including phenoxy) is 1. The van der Waals surface area contributed by atoms with E-state index in [1.165, 1.54) is 0 Å². The molecule has 0 saturated heterocycles. The monoisotopic (exact) mass is 239 g/mol. The van der Waals surface area contributed by atoms with Crippen LogP contribution in [0.2, 0.25) is 0 Å². The summed E-state index contributed by atoms with van der Waals surface area (Å²) in [6.45, 7) is 3.33. The van der Waals surface area contributed by atoms with Crippen LogP contribution in [-0.4, -0.2) is 48.2 Å². The second-order valence-electron chi connectivity index (χ2n) is 4.39. The summed E-state index contributed by atoms with van der Waals surface area (Å²) in [5.74, 6) is 0.956. The van der Waals surface area contributed by atoms with Gasteiger partial charge < -0.3 is 14.4 Å². The molecule has 5 nitrogen and oxygen atoms in total. The average molecular weight is 239 g/mol. The van der Waals surface area contributed by atoms with Crippen LogP contribution in [0.1, 0.15) is 19.0 Å². The number of hydrogen-bond acceptors (Lipinski definition) is 4. The lowest BCUT2D eigenvalue weighted by molar-refractivity contribution is -0.117. The van der Waals surface area contributed by atoms with Crippen LogP contribution in [0.5, 0.6) is 5.75 Å². The van der Waals surface area contributed by atoms with Crippen LogP contribution in [0.4, 0.5) is 0 Å². The van der Waals surface area contributed by atoms with E-state index in [-0.39, 0.29) is 5.78 Å². The van der Waals surface area contributed by atoms with E-state index in [0.717, 1.165) is 24.5 Å². The van der Waals surface area contributed by atoms with Crippen LogP contribution in [-0.2, 0) is 17.8 Å². The number of carbonyl (C=O) groups is 1. The number of ketones is 1. The Kier molecular flexibility index (Phi) is 5.15. The van der Waals surface area contributed by atoms with Gasteiger partial charge in [0.2, 0.25) is 0 Å². The molecule has 17 heavy (non-hydrogen) atoms. The maximum atomic E-state index is 11.0. The number of hydrogen-bond donors (Lipinski definition) is 0. The number of methoxy groups -OCH3 is 1. The third kappa shape index (κ3) is 4.19. The van der Waals surface area contributed by atoms with E-state index < -0.39 is 0 Å². The minimum Gasteiger partial charge on any atom is -0.493 e. The molecule has 1 rings (SSSR count). The molecule has 0 amide bonds. The van der Waals surface area contributed by atoms with E-state index in [9.17, 15) is 4.79 Å². The minimum absolute atomic E-state index is 0.187. The van der Waals surface area contributed by atoms with Gasteiger partial charge in [0.1, 0.15) is 5.78 Å². The smallest absolute Gasteiger partial charge is 0.159 e. The third-order valence-electron chi connectivity index (χ3n) is 2.60. The molecule has 0 aromatic carbocycles. The number of rotatable bonds is 7. The molecule has 0 unspecified atom stereocenters. The van der Waals surface area contributed by atoms with Gasteiger partial charge in [0.15, 0.2) is 5.75 Å². The first-order valence-corrected chi connectivity index (χ1v) is 5.77. The van der Waals surface area contributed by atoms with Crippen molar-refractivity contribution < 1.29 is 9.53 Å². The number of nitrogens with zero attached hydrogens (tertiary/aromatic N) is 3. The van der Waals surface area contributed by atoms with Gasteiger partial charge in [-0.2, -0.15) is 5.10 Å². The van der Waals surface area contributed by atoms with Gasteiger partial charge in [-0.1, -0.05) is 0 Å². The molecule has 1 aromatic rings. The molecule has 0 atom stereocenters. The lowest BCUT2D eigenvalue weighted by atomic mass is 10.2. The second-order valence-corrected chi connectivity index (χ2v) is 4.39. The Morgan fingerprint density at radius 2 is 2.24 bits per heavy atom. The van der Waals surface area contributed by atoms with E-state index in [4.69, 9.17) is 4.74 Å². The van der Waals surface area contributed by atoms with Gasteiger partial charge in [0.25, 0.3) is 0 Å². The summed E-state index contributed by atoms with van der Waals surface area (Å²) < 4.78 is 7.18. The summed E-state index contributed by atoms with van der Waals surface area (Å²) in [7, 11) is 5.68. The van der Waals surface area contributed by atoms with E-state index in [1.807, 2.05) is 18.8 Å². The molecule has 0 spiro atoms. The lowest BCUT2D eigenvalue weighted by Crippen LogP contribution is -2.20. The standard InChI is InChI=1S/C12H21N3O2/c1-10(16)5-6-11-12(17-4)9-13-15(11)8-7-14(2)3/h9H,5-8H2,1-4H3. The van der Waals surface area contributed by atoms with Crippen LogP contribution in [0, 0.1) is 0 Å². The van der Waals surface area contributed by atoms with Crippen molar-refractivity contribution in [2.24, 2.45) is 0 Å². The molecule has 0 fully saturated rings. The number of aromatic nitrogens is 2. The van der Waals surface area contributed by atoms with Crippen molar-refractivity contribution >= 4 is 5.78 Å². The van der Waals surface area contributed by atoms with Gasteiger partial charge in [-0.05, 0) is 27.4 Å². The highest BCUT2D eigenvalue weighted by Gasteiger charge is 2.12. The molecule has 0 bridgehead atoms. The van der Waals surface area contributed by atoms with Crippen molar-refractivity contribution in [3.05, 3.63) is 11.9 Å². The van der Waals surface area contributed by atoms with Crippen LogP contribution in [0.15, 0.2) is 6.20 Å². The Hall–Kier alpha value is -1.36. The van der Waals surface area contributed by atoms with Crippen molar-refractivity contribution in [3.63, 3.8) is 0 Å². The molecule has 0 radical (unpaired) electrons. The van der Waals surface area contributed by atoms with E-state index in [1.54, 1.807) is 20.2 Å². The van der Waals surface area contributed by atoms with Crippen LogP contribution in [0.25, 0.3) is 0 Å². The summed E-state index contributed by atoms with van der Waals surface area (Å²) in [4.78, 5) is 13.1. The van der Waals surface area contributed by atoms with Crippen LogP contribution >= 0.6 is 0 Å². The van der Waals surface area contributed by atoms with E-state index in [0.29, 0.717) is 12.8 Å². The number of likely N-dealkylation sites (N-methyl/N-ethyl adjacent to an activating group) is 1. The fraction of sp³-hybridized carbons (Fsp3) is 0.667. The van der Waals surface area contributed by atoms with Crippen molar-refractivity contribution in [3.8, 4) is 5.75 Å². The zero-order valence-corrected chi connectivity index (χ0v) is 11.1. The van der Waals surface area contributed by atoms with E-state index >= 15 is 0 Å². The van der Waals surface area contributed by atoms with Gasteiger partial charge in [-0.15, -0.1) is 0 Å². The Morgan fingerprint density at radius 1 is 1.53 bits per heavy atom. The number of carbonyl (C=O) groups excluding carboxylic acids is 1. The molecule has 0 saturated carbocycles. The fourth-order valence-corrected chi connectivity index (χ4v) is 1.60. The summed E-state index contributed by atoms with van der Waals surface area (Å²) in [5, 5.41) is 4.29. The van der Waals surface area contributed by atoms with Gasteiger partial charge >= 0.3 is 0 Å². The first-order chi connectivity index (χ1) is 8.04. The van der Waals surface area contributed by atoms with Gasteiger partial charge in [-0.25, -0.2) is 0 Å². The summed E-state index contributed by atoms with van der Waals surface area (Å²) in [5.41, 5.74) is 1.00. The molecule has 0 aliphatic heterocycles. The van der Waals surface area contributed by atoms with Gasteiger partial charge in [-0.3, -0.25) is 4.68 Å². The SMILES string of the molecule is COc1cnn(CCN(C)C)c1CCC(C)=O. The largest absolute Gasteiger partial charge is 0.493 e. The normalized spacial score (nSPS) is 10.9. The predicted octanol–water partition coefficient (Wildman–Crippen LogP) is 0.975. The first-order valence-electron chi connectivity index (χ1n) is 5.77. The Morgan fingerprint density at radius 3 is 2.76 bits per heavy atom. The summed E-state index contributed by atoms with van der Waals surface area (Å²) in [6.07, 6.45) is 2.93. The Balaban J connectivity index is 2.74. The maximum absolute atomic E-state index is 11.0. The zero-order valence-electron chi connectivity index (χ0n) is 11.1. The Bertz CT molecular complexity index is 372.